The summed E-state index contributed by atoms with van der Waals surface area (Å²) in [6.07, 6.45) is 3.62. The highest BCUT2D eigenvalue weighted by Gasteiger charge is 2.27. The average Bonchev–Trinajstić information content (AvgIpc) is 2.68. The molecule has 3 heteroatoms. The minimum absolute atomic E-state index is 0.565. The van der Waals surface area contributed by atoms with Gasteiger partial charge in [-0.2, -0.15) is 4.98 Å². The number of quaternary nitrogens is 1. The van der Waals surface area contributed by atoms with Gasteiger partial charge < -0.3 is 0 Å². The van der Waals surface area contributed by atoms with Gasteiger partial charge in [-0.3, -0.25) is 4.98 Å². The molecule has 0 atom stereocenters. The first-order chi connectivity index (χ1) is 12.2. The number of hydrogen-bond donors (Lipinski definition) is 0. The standard InChI is InChI=1S/C22H20N3/c1-25(2,22-13-12-18-14-15-23-16-20(18)24-22)21-11-7-6-10-19(21)17-8-4-3-5-9-17/h3-16H,1-2H3/q+1. The summed E-state index contributed by atoms with van der Waals surface area (Å²) >= 11 is 0. The lowest BCUT2D eigenvalue weighted by molar-refractivity contribution is 0.542. The van der Waals surface area contributed by atoms with Gasteiger partial charge in [0.25, 0.3) is 0 Å². The molecule has 0 bridgehead atoms. The van der Waals surface area contributed by atoms with Crippen molar-refractivity contribution >= 4 is 22.4 Å². The lowest BCUT2D eigenvalue weighted by atomic mass is 10.0. The summed E-state index contributed by atoms with van der Waals surface area (Å²) in [6, 6.07) is 25.2. The first-order valence-corrected chi connectivity index (χ1v) is 8.36. The van der Waals surface area contributed by atoms with E-state index >= 15 is 0 Å². The van der Waals surface area contributed by atoms with Crippen LogP contribution in [0.1, 0.15) is 0 Å². The van der Waals surface area contributed by atoms with Crippen LogP contribution in [-0.4, -0.2) is 24.1 Å². The van der Waals surface area contributed by atoms with Gasteiger partial charge in [0.05, 0.1) is 25.8 Å². The van der Waals surface area contributed by atoms with E-state index in [2.05, 4.69) is 79.7 Å². The molecule has 0 aliphatic heterocycles. The quantitative estimate of drug-likeness (QED) is 0.484. The molecule has 0 N–H and O–H groups in total. The third kappa shape index (κ3) is 2.79. The Kier molecular flexibility index (Phi) is 3.79. The summed E-state index contributed by atoms with van der Waals surface area (Å²) in [5.41, 5.74) is 4.57. The van der Waals surface area contributed by atoms with Gasteiger partial charge in [0.15, 0.2) is 0 Å². The molecule has 4 rings (SSSR count). The predicted octanol–water partition coefficient (Wildman–Crippen LogP) is 5.20. The first-order valence-electron chi connectivity index (χ1n) is 8.36. The number of para-hydroxylation sites is 1. The highest BCUT2D eigenvalue weighted by molar-refractivity contribution is 5.82. The van der Waals surface area contributed by atoms with Gasteiger partial charge in [-0.15, -0.1) is 0 Å². The van der Waals surface area contributed by atoms with Crippen LogP contribution in [-0.2, 0) is 0 Å². The average molecular weight is 326 g/mol. The van der Waals surface area contributed by atoms with Crippen molar-refractivity contribution < 1.29 is 0 Å². The molecule has 0 radical (unpaired) electrons. The van der Waals surface area contributed by atoms with Gasteiger partial charge in [0.2, 0.25) is 5.82 Å². The SMILES string of the molecule is C[N+](C)(c1ccc2ccncc2n1)c1ccccc1-c1ccccc1. The Morgan fingerprint density at radius 3 is 2.36 bits per heavy atom. The van der Waals surface area contributed by atoms with E-state index in [1.807, 2.05) is 18.3 Å². The zero-order valence-electron chi connectivity index (χ0n) is 14.4. The number of benzene rings is 2. The zero-order chi connectivity index (χ0) is 17.3. The van der Waals surface area contributed by atoms with Crippen LogP contribution >= 0.6 is 0 Å². The monoisotopic (exact) mass is 326 g/mol. The normalized spacial score (nSPS) is 11.6. The Balaban J connectivity index is 1.88. The molecule has 0 unspecified atom stereocenters. The number of hydrogen-bond acceptors (Lipinski definition) is 2. The molecule has 0 amide bonds. The Labute approximate surface area is 147 Å². The molecule has 3 nitrogen and oxygen atoms in total. The minimum Gasteiger partial charge on any atom is -0.262 e. The molecule has 0 spiro atoms. The minimum atomic E-state index is 0.565. The van der Waals surface area contributed by atoms with Crippen molar-refractivity contribution in [1.29, 1.82) is 0 Å². The summed E-state index contributed by atoms with van der Waals surface area (Å²) in [7, 11) is 4.35. The van der Waals surface area contributed by atoms with Crippen molar-refractivity contribution in [2.75, 3.05) is 14.1 Å². The van der Waals surface area contributed by atoms with Crippen molar-refractivity contribution in [3.05, 3.63) is 85.2 Å². The van der Waals surface area contributed by atoms with Crippen molar-refractivity contribution in [2.24, 2.45) is 0 Å². The van der Waals surface area contributed by atoms with Gasteiger partial charge in [0.1, 0.15) is 5.69 Å². The number of rotatable bonds is 3. The van der Waals surface area contributed by atoms with Crippen molar-refractivity contribution in [1.82, 2.24) is 14.5 Å². The van der Waals surface area contributed by atoms with Crippen LogP contribution in [0.15, 0.2) is 85.2 Å². The largest absolute Gasteiger partial charge is 0.262 e. The molecule has 2 aromatic carbocycles. The van der Waals surface area contributed by atoms with E-state index in [9.17, 15) is 0 Å². The molecule has 4 aromatic rings. The topological polar surface area (TPSA) is 25.8 Å². The molecule has 0 fully saturated rings. The van der Waals surface area contributed by atoms with Crippen molar-refractivity contribution in [2.45, 2.75) is 0 Å². The predicted molar refractivity (Wildman–Crippen MR) is 105 cm³/mol. The third-order valence-corrected chi connectivity index (χ3v) is 4.64. The summed E-state index contributed by atoms with van der Waals surface area (Å²) < 4.78 is 0.565. The molecule has 0 saturated carbocycles. The maximum Gasteiger partial charge on any atom is 0.232 e. The summed E-state index contributed by atoms with van der Waals surface area (Å²) in [6.45, 7) is 0. The maximum absolute atomic E-state index is 4.87. The fraction of sp³-hybridized carbons (Fsp3) is 0.0909. The third-order valence-electron chi connectivity index (χ3n) is 4.64. The molecule has 2 heterocycles. The van der Waals surface area contributed by atoms with Gasteiger partial charge in [-0.05, 0) is 23.8 Å². The van der Waals surface area contributed by atoms with E-state index in [1.165, 1.54) is 16.8 Å². The summed E-state index contributed by atoms with van der Waals surface area (Å²) in [5, 5.41) is 1.11. The molecule has 0 aliphatic carbocycles. The fourth-order valence-corrected chi connectivity index (χ4v) is 3.21. The summed E-state index contributed by atoms with van der Waals surface area (Å²) in [5.74, 6) is 0.990. The van der Waals surface area contributed by atoms with E-state index < -0.39 is 0 Å². The molecule has 25 heavy (non-hydrogen) atoms. The second-order valence-electron chi connectivity index (χ2n) is 6.57. The van der Waals surface area contributed by atoms with Gasteiger partial charge in [-0.25, -0.2) is 4.48 Å². The van der Waals surface area contributed by atoms with E-state index in [0.29, 0.717) is 4.48 Å². The molecule has 122 valence electrons. The van der Waals surface area contributed by atoms with E-state index in [0.717, 1.165) is 16.7 Å². The van der Waals surface area contributed by atoms with Crippen LogP contribution in [0.3, 0.4) is 0 Å². The Hall–Kier alpha value is -3.04. The Bertz CT molecular complexity index is 1020. The second kappa shape index (κ2) is 6.11. The molecule has 2 aromatic heterocycles. The van der Waals surface area contributed by atoms with Crippen LogP contribution in [0, 0.1) is 0 Å². The smallest absolute Gasteiger partial charge is 0.232 e. The molecule has 0 saturated heterocycles. The highest BCUT2D eigenvalue weighted by atomic mass is 15.4. The van der Waals surface area contributed by atoms with Crippen molar-refractivity contribution in [3.63, 3.8) is 0 Å². The van der Waals surface area contributed by atoms with Crippen LogP contribution in [0.25, 0.3) is 22.0 Å². The first kappa shape index (κ1) is 15.5. The van der Waals surface area contributed by atoms with Gasteiger partial charge >= 0.3 is 0 Å². The van der Waals surface area contributed by atoms with Gasteiger partial charge in [-0.1, -0.05) is 42.5 Å². The lowest BCUT2D eigenvalue weighted by Crippen LogP contribution is -2.35. The van der Waals surface area contributed by atoms with Crippen LogP contribution in [0.5, 0.6) is 0 Å². The zero-order valence-corrected chi connectivity index (χ0v) is 14.4. The van der Waals surface area contributed by atoms with Gasteiger partial charge in [0, 0.05) is 29.3 Å². The van der Waals surface area contributed by atoms with Crippen molar-refractivity contribution in [3.8, 4) is 11.1 Å². The van der Waals surface area contributed by atoms with E-state index in [-0.39, 0.29) is 0 Å². The van der Waals surface area contributed by atoms with Crippen LogP contribution in [0.4, 0.5) is 11.5 Å². The molecular weight excluding hydrogens is 306 g/mol. The molecular formula is C22H20N3+. The number of fused-ring (bicyclic) bond motifs is 1. The van der Waals surface area contributed by atoms with E-state index in [1.54, 1.807) is 6.20 Å². The fourth-order valence-electron chi connectivity index (χ4n) is 3.21. The Morgan fingerprint density at radius 1 is 0.760 bits per heavy atom. The van der Waals surface area contributed by atoms with E-state index in [4.69, 9.17) is 4.98 Å². The summed E-state index contributed by atoms with van der Waals surface area (Å²) in [4.78, 5) is 9.07. The number of aromatic nitrogens is 2. The Morgan fingerprint density at radius 2 is 1.52 bits per heavy atom. The van der Waals surface area contributed by atoms with Crippen LogP contribution in [0.2, 0.25) is 0 Å². The second-order valence-corrected chi connectivity index (χ2v) is 6.57. The number of pyridine rings is 2. The highest BCUT2D eigenvalue weighted by Crippen LogP contribution is 2.38. The number of nitrogens with zero attached hydrogens (tertiary/aromatic N) is 3. The lowest BCUT2D eigenvalue weighted by Gasteiger charge is -2.29. The maximum atomic E-state index is 4.87. The van der Waals surface area contributed by atoms with Crippen LogP contribution < -0.4 is 4.48 Å². The molecule has 0 aliphatic rings.